The van der Waals surface area contributed by atoms with Crippen molar-refractivity contribution in [3.63, 3.8) is 0 Å². The number of nitrogens with two attached hydrogens (primary N) is 2. The highest BCUT2D eigenvalue weighted by Gasteiger charge is 2.44. The first-order chi connectivity index (χ1) is 12.1. The van der Waals surface area contributed by atoms with Crippen LogP contribution in [0.5, 0.6) is 0 Å². The molecule has 2 unspecified atom stereocenters. The maximum Gasteiger partial charge on any atom is 0.238 e. The number of rotatable bonds is 6. The quantitative estimate of drug-likeness (QED) is 0.635. The van der Waals surface area contributed by atoms with Crippen molar-refractivity contribution in [3.8, 4) is 0 Å². The van der Waals surface area contributed by atoms with Gasteiger partial charge in [0.1, 0.15) is 0 Å². The molecule has 1 aromatic carbocycles. The summed E-state index contributed by atoms with van der Waals surface area (Å²) in [5.74, 6) is -0.526. The summed E-state index contributed by atoms with van der Waals surface area (Å²) in [7, 11) is -3.86. The van der Waals surface area contributed by atoms with E-state index in [0.29, 0.717) is 18.2 Å². The summed E-state index contributed by atoms with van der Waals surface area (Å²) in [6.45, 7) is 2.49. The van der Waals surface area contributed by atoms with E-state index in [1.54, 1.807) is 6.07 Å². The molecule has 5 N–H and O–H groups in total. The van der Waals surface area contributed by atoms with Gasteiger partial charge >= 0.3 is 0 Å². The monoisotopic (exact) mass is 380 g/mol. The van der Waals surface area contributed by atoms with Crippen molar-refractivity contribution in [2.24, 2.45) is 22.7 Å². The lowest BCUT2D eigenvalue weighted by Gasteiger charge is -2.30. The summed E-state index contributed by atoms with van der Waals surface area (Å²) in [6, 6.07) is 5.86. The number of carbonyl (C=O) groups excluding carboxylic acids is 2. The highest BCUT2D eigenvalue weighted by atomic mass is 32.2. The van der Waals surface area contributed by atoms with Gasteiger partial charge in [0.15, 0.2) is 0 Å². The van der Waals surface area contributed by atoms with Gasteiger partial charge in [0.05, 0.1) is 16.4 Å². The number of benzene rings is 1. The third-order valence-electron chi connectivity index (χ3n) is 5.26. The Labute approximate surface area is 153 Å². The summed E-state index contributed by atoms with van der Waals surface area (Å²) in [4.78, 5) is 26.4. The van der Waals surface area contributed by atoms with Crippen LogP contribution in [-0.2, 0) is 19.6 Å². The molecule has 0 spiro atoms. The Balaban J connectivity index is 1.73. The second-order valence-corrected chi connectivity index (χ2v) is 8.89. The highest BCUT2D eigenvalue weighted by molar-refractivity contribution is 7.89. The number of anilines is 1. The average Bonchev–Trinajstić information content (AvgIpc) is 3.37. The molecule has 0 aromatic heterocycles. The summed E-state index contributed by atoms with van der Waals surface area (Å²) < 4.78 is 23.0. The van der Waals surface area contributed by atoms with Crippen molar-refractivity contribution in [1.82, 2.24) is 5.32 Å². The zero-order valence-corrected chi connectivity index (χ0v) is 15.5. The van der Waals surface area contributed by atoms with E-state index in [4.69, 9.17) is 10.9 Å². The average molecular weight is 380 g/mol. The minimum Gasteiger partial charge on any atom is -0.349 e. The van der Waals surface area contributed by atoms with Gasteiger partial charge in [0.25, 0.3) is 0 Å². The van der Waals surface area contributed by atoms with Crippen LogP contribution in [0.15, 0.2) is 29.2 Å². The first-order valence-corrected chi connectivity index (χ1v) is 10.1. The summed E-state index contributed by atoms with van der Waals surface area (Å²) in [5, 5.41) is 8.16. The molecule has 3 rings (SSSR count). The maximum absolute atomic E-state index is 12.6. The van der Waals surface area contributed by atoms with Gasteiger partial charge in [0.2, 0.25) is 21.8 Å². The molecule has 1 saturated carbocycles. The molecule has 0 radical (unpaired) electrons. The molecule has 1 heterocycles. The Morgan fingerprint density at radius 1 is 1.38 bits per heavy atom. The molecule has 1 aliphatic heterocycles. The normalized spacial score (nSPS) is 23.0. The van der Waals surface area contributed by atoms with Crippen LogP contribution in [-0.4, -0.2) is 38.9 Å². The van der Waals surface area contributed by atoms with Crippen LogP contribution in [0.4, 0.5) is 5.69 Å². The van der Waals surface area contributed by atoms with Crippen molar-refractivity contribution in [2.75, 3.05) is 18.0 Å². The zero-order chi connectivity index (χ0) is 19.1. The zero-order valence-electron chi connectivity index (χ0n) is 14.6. The Kier molecular flexibility index (Phi) is 4.80. The summed E-state index contributed by atoms with van der Waals surface area (Å²) in [5.41, 5.74) is 5.81. The fourth-order valence-electron chi connectivity index (χ4n) is 3.38. The topological polar surface area (TPSA) is 136 Å². The number of amides is 2. The Hall–Kier alpha value is -1.97. The third kappa shape index (κ3) is 3.74. The van der Waals surface area contributed by atoms with Crippen LogP contribution >= 0.6 is 0 Å². The lowest BCUT2D eigenvalue weighted by Crippen LogP contribution is -2.54. The third-order valence-corrected chi connectivity index (χ3v) is 6.18. The van der Waals surface area contributed by atoms with Gasteiger partial charge in [-0.15, -0.1) is 0 Å². The predicted octanol–water partition coefficient (Wildman–Crippen LogP) is -0.0695. The SMILES string of the molecule is CC(CN)(NC(=O)C1CC(=O)N(c2cccc(S(N)(=O)=O)c2)C1)C1CC1. The highest BCUT2D eigenvalue weighted by Crippen LogP contribution is 2.39. The molecule has 26 heavy (non-hydrogen) atoms. The minimum atomic E-state index is -3.86. The number of primary sulfonamides is 1. The number of nitrogens with one attached hydrogen (secondary N) is 1. The largest absolute Gasteiger partial charge is 0.349 e. The molecule has 1 aromatic rings. The minimum absolute atomic E-state index is 0.0693. The Bertz CT molecular complexity index is 837. The molecule has 2 aliphatic rings. The van der Waals surface area contributed by atoms with Gasteiger partial charge in [-0.3, -0.25) is 9.59 Å². The number of sulfonamides is 1. The smallest absolute Gasteiger partial charge is 0.238 e. The molecule has 1 aliphatic carbocycles. The van der Waals surface area contributed by atoms with Crippen LogP contribution in [0.3, 0.4) is 0 Å². The molecule has 142 valence electrons. The van der Waals surface area contributed by atoms with E-state index < -0.39 is 21.5 Å². The molecule has 9 heteroatoms. The van der Waals surface area contributed by atoms with E-state index >= 15 is 0 Å². The van der Waals surface area contributed by atoms with Gasteiger partial charge in [-0.25, -0.2) is 13.6 Å². The maximum atomic E-state index is 12.6. The fourth-order valence-corrected chi connectivity index (χ4v) is 3.94. The van der Waals surface area contributed by atoms with E-state index in [1.165, 1.54) is 23.1 Å². The number of hydrogen-bond acceptors (Lipinski definition) is 5. The van der Waals surface area contributed by atoms with E-state index in [-0.39, 0.29) is 29.7 Å². The van der Waals surface area contributed by atoms with Gasteiger partial charge in [-0.2, -0.15) is 0 Å². The van der Waals surface area contributed by atoms with Crippen molar-refractivity contribution in [3.05, 3.63) is 24.3 Å². The second kappa shape index (κ2) is 6.64. The van der Waals surface area contributed by atoms with Crippen LogP contribution in [0, 0.1) is 11.8 Å². The number of carbonyl (C=O) groups is 2. The van der Waals surface area contributed by atoms with E-state index in [9.17, 15) is 18.0 Å². The first kappa shape index (κ1) is 18.8. The molecule has 2 amide bonds. The molecule has 2 atom stereocenters. The predicted molar refractivity (Wildman–Crippen MR) is 96.6 cm³/mol. The van der Waals surface area contributed by atoms with Gasteiger partial charge < -0.3 is 16.0 Å². The number of nitrogens with zero attached hydrogens (tertiary/aromatic N) is 1. The molecule has 0 bridgehead atoms. The van der Waals surface area contributed by atoms with Crippen LogP contribution in [0.2, 0.25) is 0 Å². The molecular formula is C17H24N4O4S. The van der Waals surface area contributed by atoms with Crippen LogP contribution < -0.4 is 21.1 Å². The molecular weight excluding hydrogens is 356 g/mol. The fraction of sp³-hybridized carbons (Fsp3) is 0.529. The van der Waals surface area contributed by atoms with E-state index in [0.717, 1.165) is 12.8 Å². The van der Waals surface area contributed by atoms with E-state index in [2.05, 4.69) is 5.32 Å². The number of hydrogen-bond donors (Lipinski definition) is 3. The second-order valence-electron chi connectivity index (χ2n) is 7.33. The molecule has 1 saturated heterocycles. The lowest BCUT2D eigenvalue weighted by atomic mass is 9.94. The Morgan fingerprint density at radius 2 is 2.08 bits per heavy atom. The van der Waals surface area contributed by atoms with Gasteiger partial charge in [-0.05, 0) is 43.9 Å². The molecule has 2 fully saturated rings. The van der Waals surface area contributed by atoms with Crippen molar-refractivity contribution in [2.45, 2.75) is 36.6 Å². The van der Waals surface area contributed by atoms with Gasteiger partial charge in [-0.1, -0.05) is 6.07 Å². The molecule has 8 nitrogen and oxygen atoms in total. The van der Waals surface area contributed by atoms with Crippen molar-refractivity contribution < 1.29 is 18.0 Å². The van der Waals surface area contributed by atoms with Crippen LogP contribution in [0.1, 0.15) is 26.2 Å². The Morgan fingerprint density at radius 3 is 2.65 bits per heavy atom. The first-order valence-electron chi connectivity index (χ1n) is 8.59. The van der Waals surface area contributed by atoms with Crippen molar-refractivity contribution in [1.29, 1.82) is 0 Å². The lowest BCUT2D eigenvalue weighted by molar-refractivity contribution is -0.128. The summed E-state index contributed by atoms with van der Waals surface area (Å²) in [6.07, 6.45) is 2.17. The van der Waals surface area contributed by atoms with Gasteiger partial charge in [0, 0.05) is 25.2 Å². The van der Waals surface area contributed by atoms with E-state index in [1.807, 2.05) is 6.92 Å². The summed E-state index contributed by atoms with van der Waals surface area (Å²) >= 11 is 0. The standard InChI is InChI=1S/C17H24N4O4S/c1-17(10-18,12-5-6-12)20-16(23)11-7-15(22)21(9-11)13-3-2-4-14(8-13)26(19,24)25/h2-4,8,11-12H,5-7,9-10,18H2,1H3,(H,20,23)(H2,19,24,25). The van der Waals surface area contributed by atoms with Crippen molar-refractivity contribution >= 4 is 27.5 Å². The van der Waals surface area contributed by atoms with Crippen LogP contribution in [0.25, 0.3) is 0 Å².